The third kappa shape index (κ3) is 6.35. The summed E-state index contributed by atoms with van der Waals surface area (Å²) in [6.45, 7) is 2.51. The monoisotopic (exact) mass is 449 g/mol. The lowest BCUT2D eigenvalue weighted by Gasteiger charge is -2.20. The minimum Gasteiger partial charge on any atom is -0.359 e. The zero-order chi connectivity index (χ0) is 22.2. The molecule has 164 valence electrons. The summed E-state index contributed by atoms with van der Waals surface area (Å²) in [7, 11) is 0. The predicted molar refractivity (Wildman–Crippen MR) is 123 cm³/mol. The van der Waals surface area contributed by atoms with E-state index in [1.54, 1.807) is 29.5 Å². The lowest BCUT2D eigenvalue weighted by molar-refractivity contribution is 0.0941. The second kappa shape index (κ2) is 10.8. The van der Waals surface area contributed by atoms with Gasteiger partial charge in [-0.05, 0) is 41.1 Å². The van der Waals surface area contributed by atoms with Crippen LogP contribution in [0.3, 0.4) is 0 Å². The van der Waals surface area contributed by atoms with Gasteiger partial charge in [-0.1, -0.05) is 53.7 Å². The van der Waals surface area contributed by atoms with Gasteiger partial charge in [0.25, 0.3) is 5.91 Å². The third-order valence-corrected chi connectivity index (χ3v) is 5.92. The Labute approximate surface area is 190 Å². The van der Waals surface area contributed by atoms with Crippen molar-refractivity contribution in [3.8, 4) is 0 Å². The second-order valence-corrected chi connectivity index (χ2v) is 8.55. The summed E-state index contributed by atoms with van der Waals surface area (Å²) in [5.74, 6) is 0.0144. The van der Waals surface area contributed by atoms with E-state index in [1.165, 1.54) is 22.6 Å². The second-order valence-electron chi connectivity index (χ2n) is 7.51. The van der Waals surface area contributed by atoms with Crippen LogP contribution in [0, 0.1) is 5.82 Å². The van der Waals surface area contributed by atoms with Crippen molar-refractivity contribution in [1.82, 2.24) is 15.4 Å². The van der Waals surface area contributed by atoms with E-state index < -0.39 is 0 Å². The SMILES string of the molecule is O=C(NCc1ccc(F)cc1)c1cc(CN(CCc2ccccc2)Cc2cccs2)on1. The van der Waals surface area contributed by atoms with Crippen LogP contribution in [0.15, 0.2) is 82.7 Å². The highest BCUT2D eigenvalue weighted by molar-refractivity contribution is 7.09. The molecule has 0 radical (unpaired) electrons. The minimum absolute atomic E-state index is 0.237. The predicted octanol–water partition coefficient (Wildman–Crippen LogP) is 5.05. The normalized spacial score (nSPS) is 11.1. The molecule has 7 heteroatoms. The standard InChI is InChI=1S/C25H24FN3O2S/c26-21-10-8-20(9-11-21)16-27-25(30)24-15-22(31-28-24)17-29(18-23-7-4-14-32-23)13-12-19-5-2-1-3-6-19/h1-11,14-15H,12-13,16-18H2,(H,27,30). The first-order chi connectivity index (χ1) is 15.7. The lowest BCUT2D eigenvalue weighted by Crippen LogP contribution is -2.25. The highest BCUT2D eigenvalue weighted by Crippen LogP contribution is 2.16. The van der Waals surface area contributed by atoms with Gasteiger partial charge in [0.15, 0.2) is 11.5 Å². The van der Waals surface area contributed by atoms with Crippen molar-refractivity contribution in [2.45, 2.75) is 26.1 Å². The van der Waals surface area contributed by atoms with Gasteiger partial charge in [0, 0.05) is 30.6 Å². The summed E-state index contributed by atoms with van der Waals surface area (Å²) in [6, 6.07) is 22.2. The van der Waals surface area contributed by atoms with E-state index in [0.29, 0.717) is 18.8 Å². The van der Waals surface area contributed by atoms with Crippen molar-refractivity contribution >= 4 is 17.2 Å². The molecule has 1 N–H and O–H groups in total. The Kier molecular flexibility index (Phi) is 7.42. The van der Waals surface area contributed by atoms with Crippen LogP contribution in [0.4, 0.5) is 4.39 Å². The molecule has 2 heterocycles. The molecule has 0 unspecified atom stereocenters. The molecule has 32 heavy (non-hydrogen) atoms. The Morgan fingerprint density at radius 1 is 1.00 bits per heavy atom. The van der Waals surface area contributed by atoms with E-state index >= 15 is 0 Å². The molecule has 1 amide bonds. The number of nitrogens with one attached hydrogen (secondary N) is 1. The maximum atomic E-state index is 13.0. The number of halogens is 1. The Hall–Kier alpha value is -3.29. The maximum absolute atomic E-state index is 13.0. The molecular formula is C25H24FN3O2S. The molecule has 0 fully saturated rings. The molecule has 5 nitrogen and oxygen atoms in total. The molecule has 0 atom stereocenters. The number of benzene rings is 2. The van der Waals surface area contributed by atoms with E-state index in [0.717, 1.165) is 25.1 Å². The number of hydrogen-bond donors (Lipinski definition) is 1. The van der Waals surface area contributed by atoms with Gasteiger partial charge in [-0.15, -0.1) is 11.3 Å². The minimum atomic E-state index is -0.321. The molecule has 0 saturated heterocycles. The van der Waals surface area contributed by atoms with Gasteiger partial charge in [0.2, 0.25) is 0 Å². The van der Waals surface area contributed by atoms with E-state index in [1.807, 2.05) is 24.3 Å². The molecule has 0 aliphatic heterocycles. The molecule has 4 aromatic rings. The summed E-state index contributed by atoms with van der Waals surface area (Å²) in [5, 5.41) is 8.80. The number of aromatic nitrogens is 1. The molecule has 0 bridgehead atoms. The largest absolute Gasteiger partial charge is 0.359 e. The topological polar surface area (TPSA) is 58.4 Å². The Bertz CT molecular complexity index is 1110. The molecule has 2 aromatic carbocycles. The summed E-state index contributed by atoms with van der Waals surface area (Å²) in [5.41, 5.74) is 2.33. The quantitative estimate of drug-likeness (QED) is 0.368. The van der Waals surface area contributed by atoms with E-state index in [2.05, 4.69) is 39.0 Å². The van der Waals surface area contributed by atoms with Gasteiger partial charge in [0.05, 0.1) is 6.54 Å². The fourth-order valence-electron chi connectivity index (χ4n) is 3.36. The zero-order valence-electron chi connectivity index (χ0n) is 17.5. The number of carbonyl (C=O) groups is 1. The van der Waals surface area contributed by atoms with E-state index in [4.69, 9.17) is 4.52 Å². The first-order valence-corrected chi connectivity index (χ1v) is 11.3. The van der Waals surface area contributed by atoms with Crippen molar-refractivity contribution in [1.29, 1.82) is 0 Å². The Morgan fingerprint density at radius 2 is 1.81 bits per heavy atom. The smallest absolute Gasteiger partial charge is 0.273 e. The first-order valence-electron chi connectivity index (χ1n) is 10.4. The van der Waals surface area contributed by atoms with Crippen LogP contribution in [0.5, 0.6) is 0 Å². The number of amides is 1. The van der Waals surface area contributed by atoms with Crippen molar-refractivity contribution in [2.24, 2.45) is 0 Å². The van der Waals surface area contributed by atoms with Crippen LogP contribution in [0.1, 0.15) is 32.3 Å². The molecular weight excluding hydrogens is 425 g/mol. The molecule has 0 aliphatic rings. The number of hydrogen-bond acceptors (Lipinski definition) is 5. The van der Waals surface area contributed by atoms with Crippen molar-refractivity contribution in [2.75, 3.05) is 6.54 Å². The lowest BCUT2D eigenvalue weighted by atomic mass is 10.1. The van der Waals surface area contributed by atoms with Crippen molar-refractivity contribution < 1.29 is 13.7 Å². The number of rotatable bonds is 10. The molecule has 0 saturated carbocycles. The van der Waals surface area contributed by atoms with Crippen LogP contribution >= 0.6 is 11.3 Å². The highest BCUT2D eigenvalue weighted by atomic mass is 32.1. The first kappa shape index (κ1) is 21.9. The maximum Gasteiger partial charge on any atom is 0.273 e. The fraction of sp³-hybridized carbons (Fsp3) is 0.200. The average Bonchev–Trinajstić information content (AvgIpc) is 3.50. The summed E-state index contributed by atoms with van der Waals surface area (Å²) >= 11 is 1.72. The van der Waals surface area contributed by atoms with Crippen molar-refractivity contribution in [3.05, 3.63) is 111 Å². The molecule has 4 rings (SSSR count). The van der Waals surface area contributed by atoms with Gasteiger partial charge in [0.1, 0.15) is 5.82 Å². The third-order valence-electron chi connectivity index (χ3n) is 5.06. The van der Waals surface area contributed by atoms with Crippen LogP contribution in [0.25, 0.3) is 0 Å². The van der Waals surface area contributed by atoms with Gasteiger partial charge >= 0.3 is 0 Å². The zero-order valence-corrected chi connectivity index (χ0v) is 18.4. The van der Waals surface area contributed by atoms with Gasteiger partial charge in [-0.3, -0.25) is 9.69 Å². The van der Waals surface area contributed by atoms with Gasteiger partial charge in [-0.2, -0.15) is 0 Å². The summed E-state index contributed by atoms with van der Waals surface area (Å²) in [4.78, 5) is 16.0. The van der Waals surface area contributed by atoms with Gasteiger partial charge < -0.3 is 9.84 Å². The molecule has 0 spiro atoms. The number of carbonyl (C=O) groups excluding carboxylic acids is 1. The number of nitrogens with zero attached hydrogens (tertiary/aromatic N) is 2. The van der Waals surface area contributed by atoms with Crippen LogP contribution in [-0.4, -0.2) is 22.5 Å². The van der Waals surface area contributed by atoms with Gasteiger partial charge in [-0.25, -0.2) is 4.39 Å². The van der Waals surface area contributed by atoms with E-state index in [9.17, 15) is 9.18 Å². The van der Waals surface area contributed by atoms with Crippen LogP contribution in [0.2, 0.25) is 0 Å². The highest BCUT2D eigenvalue weighted by Gasteiger charge is 2.16. The van der Waals surface area contributed by atoms with Crippen LogP contribution in [-0.2, 0) is 26.1 Å². The van der Waals surface area contributed by atoms with Crippen LogP contribution < -0.4 is 5.32 Å². The molecule has 2 aromatic heterocycles. The van der Waals surface area contributed by atoms with Crippen molar-refractivity contribution in [3.63, 3.8) is 0 Å². The Morgan fingerprint density at radius 3 is 2.56 bits per heavy atom. The fourth-order valence-corrected chi connectivity index (χ4v) is 4.11. The molecule has 0 aliphatic carbocycles. The Balaban J connectivity index is 1.36. The summed E-state index contributed by atoms with van der Waals surface area (Å²) < 4.78 is 18.5. The average molecular weight is 450 g/mol. The van der Waals surface area contributed by atoms with E-state index in [-0.39, 0.29) is 17.4 Å². The number of thiophene rings is 1. The summed E-state index contributed by atoms with van der Waals surface area (Å²) in [6.07, 6.45) is 0.922.